The van der Waals surface area contributed by atoms with Crippen molar-refractivity contribution in [1.29, 1.82) is 0 Å². The number of ether oxygens (including phenoxy) is 3. The van der Waals surface area contributed by atoms with E-state index in [1.807, 2.05) is 18.2 Å². The Kier molecular flexibility index (Phi) is 10.9. The number of hydrogen-bond acceptors (Lipinski definition) is 9. The van der Waals surface area contributed by atoms with Crippen LogP contribution in [-0.4, -0.2) is 71.0 Å². The molecule has 3 unspecified atom stereocenters. The van der Waals surface area contributed by atoms with Crippen LogP contribution in [0, 0.1) is 17.8 Å². The number of rotatable bonds is 12. The quantitative estimate of drug-likeness (QED) is 0.198. The summed E-state index contributed by atoms with van der Waals surface area (Å²) in [5.41, 5.74) is 1.59. The van der Waals surface area contributed by atoms with E-state index in [0.717, 1.165) is 24.8 Å². The van der Waals surface area contributed by atoms with Gasteiger partial charge in [-0.05, 0) is 119 Å². The van der Waals surface area contributed by atoms with Gasteiger partial charge in [-0.2, -0.15) is 0 Å². The molecule has 3 atom stereocenters. The minimum absolute atomic E-state index is 0.000250. The van der Waals surface area contributed by atoms with Crippen LogP contribution in [0.25, 0.3) is 0 Å². The second kappa shape index (κ2) is 13.7. The van der Waals surface area contributed by atoms with E-state index in [9.17, 15) is 14.4 Å². The monoisotopic (exact) mass is 669 g/mol. The van der Waals surface area contributed by atoms with Crippen LogP contribution in [-0.2, 0) is 47.9 Å². The van der Waals surface area contributed by atoms with Gasteiger partial charge < -0.3 is 30.2 Å². The largest absolute Gasteiger partial charge is 0.465 e. The zero-order chi connectivity index (χ0) is 35.9. The first kappa shape index (κ1) is 38.3. The Balaban J connectivity index is 1.42. The number of nitrogens with one attached hydrogen (secondary N) is 3. The van der Waals surface area contributed by atoms with Crippen LogP contribution in [0.15, 0.2) is 18.2 Å². The van der Waals surface area contributed by atoms with Crippen molar-refractivity contribution >= 4 is 17.9 Å². The van der Waals surface area contributed by atoms with Crippen molar-refractivity contribution in [3.63, 3.8) is 0 Å². The summed E-state index contributed by atoms with van der Waals surface area (Å²) in [6.45, 7) is 26.8. The number of carbonyl (C=O) groups excluding carboxylic acids is 3. The molecule has 1 aromatic carbocycles. The smallest absolute Gasteiger partial charge is 0.310 e. The van der Waals surface area contributed by atoms with Gasteiger partial charge in [-0.25, -0.2) is 0 Å². The fourth-order valence-electron chi connectivity index (χ4n) is 8.83. The van der Waals surface area contributed by atoms with E-state index < -0.39 is 0 Å². The Bertz CT molecular complexity index is 1360. The van der Waals surface area contributed by atoms with Crippen LogP contribution in [0.1, 0.15) is 119 Å². The van der Waals surface area contributed by atoms with Gasteiger partial charge in [-0.1, -0.05) is 18.2 Å². The predicted molar refractivity (Wildman–Crippen MR) is 189 cm³/mol. The van der Waals surface area contributed by atoms with Crippen molar-refractivity contribution in [2.45, 2.75) is 155 Å². The topological polar surface area (TPSA) is 115 Å². The van der Waals surface area contributed by atoms with Crippen LogP contribution in [0.2, 0.25) is 0 Å². The molecule has 0 aromatic heterocycles. The van der Waals surface area contributed by atoms with Crippen molar-refractivity contribution in [3.8, 4) is 0 Å². The highest BCUT2D eigenvalue weighted by molar-refractivity contribution is 5.77. The molecule has 3 aliphatic rings. The summed E-state index contributed by atoms with van der Waals surface area (Å²) in [6, 6.07) is 5.51. The first-order valence-electron chi connectivity index (χ1n) is 17.8. The molecule has 0 aliphatic carbocycles. The minimum Gasteiger partial charge on any atom is -0.465 e. The van der Waals surface area contributed by atoms with Crippen LogP contribution in [0.3, 0.4) is 0 Å². The lowest BCUT2D eigenvalue weighted by molar-refractivity contribution is -0.146. The summed E-state index contributed by atoms with van der Waals surface area (Å²) in [6.07, 6.45) is 2.84. The fourth-order valence-corrected chi connectivity index (χ4v) is 8.83. The predicted octanol–water partition coefficient (Wildman–Crippen LogP) is 5.44. The minimum atomic E-state index is -0.357. The molecule has 1 aromatic rings. The van der Waals surface area contributed by atoms with Gasteiger partial charge in [-0.15, -0.1) is 0 Å². The maximum Gasteiger partial charge on any atom is 0.310 e. The van der Waals surface area contributed by atoms with E-state index in [-0.39, 0.29) is 88.2 Å². The Morgan fingerprint density at radius 3 is 1.21 bits per heavy atom. The molecule has 3 N–H and O–H groups in total. The molecule has 9 heteroatoms. The first-order valence-corrected chi connectivity index (χ1v) is 17.8. The standard InChI is InChI=1S/C39H63N3O6/c1-34(2)19-28(37(7,8)40-34)22-46-31(43)16-25-13-14-26(17-32(44)47-23-29-20-35(3,4)41-38(29,9)10)27(15-25)18-33(45)48-24-30-21-36(5,6)42-39(30,11)12/h13-15,28-30,40-42H,16-24H2,1-12H3. The molecular formula is C39H63N3O6. The van der Waals surface area contributed by atoms with Crippen molar-refractivity contribution in [2.75, 3.05) is 19.8 Å². The van der Waals surface area contributed by atoms with Crippen molar-refractivity contribution in [3.05, 3.63) is 34.9 Å². The molecule has 3 aliphatic heterocycles. The number of carbonyl (C=O) groups is 3. The lowest BCUT2D eigenvalue weighted by atomic mass is 9.88. The number of hydrogen-bond donors (Lipinski definition) is 3. The molecule has 0 radical (unpaired) electrons. The Labute approximate surface area is 289 Å². The molecule has 3 saturated heterocycles. The van der Waals surface area contributed by atoms with E-state index >= 15 is 0 Å². The van der Waals surface area contributed by atoms with Crippen LogP contribution < -0.4 is 16.0 Å². The van der Waals surface area contributed by atoms with E-state index in [2.05, 4.69) is 99.0 Å². The van der Waals surface area contributed by atoms with E-state index in [1.165, 1.54) is 0 Å². The van der Waals surface area contributed by atoms with E-state index in [0.29, 0.717) is 30.9 Å². The summed E-state index contributed by atoms with van der Waals surface area (Å²) in [5, 5.41) is 10.9. The van der Waals surface area contributed by atoms with Crippen LogP contribution >= 0.6 is 0 Å². The van der Waals surface area contributed by atoms with Gasteiger partial charge in [0.25, 0.3) is 0 Å². The molecular weight excluding hydrogens is 606 g/mol. The Morgan fingerprint density at radius 2 is 0.875 bits per heavy atom. The van der Waals surface area contributed by atoms with E-state index in [1.54, 1.807) is 0 Å². The van der Waals surface area contributed by atoms with Gasteiger partial charge in [0.1, 0.15) is 0 Å². The highest BCUT2D eigenvalue weighted by Gasteiger charge is 2.46. The molecule has 0 saturated carbocycles. The van der Waals surface area contributed by atoms with Crippen LogP contribution in [0.4, 0.5) is 0 Å². The molecule has 3 fully saturated rings. The molecule has 0 bridgehead atoms. The maximum absolute atomic E-state index is 13.2. The molecule has 9 nitrogen and oxygen atoms in total. The van der Waals surface area contributed by atoms with Gasteiger partial charge in [0.2, 0.25) is 0 Å². The maximum atomic E-state index is 13.2. The van der Waals surface area contributed by atoms with Gasteiger partial charge in [0.15, 0.2) is 0 Å². The third-order valence-corrected chi connectivity index (χ3v) is 10.9. The highest BCUT2D eigenvalue weighted by Crippen LogP contribution is 2.38. The summed E-state index contributed by atoms with van der Waals surface area (Å²) in [7, 11) is 0. The number of benzene rings is 1. The summed E-state index contributed by atoms with van der Waals surface area (Å²) in [4.78, 5) is 39.4. The summed E-state index contributed by atoms with van der Waals surface area (Å²) in [5.74, 6) is -0.437. The fraction of sp³-hybridized carbons (Fsp3) is 0.769. The number of esters is 3. The normalized spacial score (nSPS) is 27.4. The second-order valence-corrected chi connectivity index (χ2v) is 18.6. The van der Waals surface area contributed by atoms with Crippen molar-refractivity contribution in [1.82, 2.24) is 16.0 Å². The zero-order valence-electron chi connectivity index (χ0n) is 31.8. The van der Waals surface area contributed by atoms with Gasteiger partial charge in [0.05, 0.1) is 39.1 Å². The average Bonchev–Trinajstić information content (AvgIpc) is 3.37. The van der Waals surface area contributed by atoms with Crippen molar-refractivity contribution in [2.24, 2.45) is 17.8 Å². The molecule has 48 heavy (non-hydrogen) atoms. The van der Waals surface area contributed by atoms with Gasteiger partial charge in [0, 0.05) is 51.0 Å². The third-order valence-electron chi connectivity index (χ3n) is 10.9. The molecule has 3 heterocycles. The Hall–Kier alpha value is -2.49. The van der Waals surface area contributed by atoms with Crippen LogP contribution in [0.5, 0.6) is 0 Å². The lowest BCUT2D eigenvalue weighted by Crippen LogP contribution is -2.45. The zero-order valence-corrected chi connectivity index (χ0v) is 31.8. The second-order valence-electron chi connectivity index (χ2n) is 18.6. The van der Waals surface area contributed by atoms with Gasteiger partial charge >= 0.3 is 17.9 Å². The molecule has 0 amide bonds. The lowest BCUT2D eigenvalue weighted by Gasteiger charge is -2.28. The average molecular weight is 670 g/mol. The summed E-state index contributed by atoms with van der Waals surface area (Å²) >= 11 is 0. The molecule has 270 valence electrons. The SMILES string of the molecule is CC1(C)CC(COC(=O)Cc2ccc(CC(=O)OCC3CC(C)(C)NC3(C)C)c(CC(=O)OCC3CC(C)(C)NC3(C)C)c2)C(C)(C)N1. The first-order chi connectivity index (χ1) is 21.9. The molecule has 0 spiro atoms. The highest BCUT2D eigenvalue weighted by atomic mass is 16.5. The Morgan fingerprint density at radius 1 is 0.542 bits per heavy atom. The third kappa shape index (κ3) is 10.0. The van der Waals surface area contributed by atoms with Gasteiger partial charge in [-0.3, -0.25) is 14.4 Å². The van der Waals surface area contributed by atoms with E-state index in [4.69, 9.17) is 14.2 Å². The van der Waals surface area contributed by atoms with Crippen molar-refractivity contribution < 1.29 is 28.6 Å². The molecule has 4 rings (SSSR count). The summed E-state index contributed by atoms with van der Waals surface area (Å²) < 4.78 is 17.4.